The molecule has 1 N–H and O–H groups in total. The van der Waals surface area contributed by atoms with Crippen LogP contribution in [0.4, 0.5) is 5.69 Å². The third-order valence-corrected chi connectivity index (χ3v) is 4.48. The molecule has 0 fully saturated rings. The molecule has 0 radical (unpaired) electrons. The SMILES string of the molecule is O=C1c2ccccc2[C@H]([C@@H](O)c2ccccc2)N1c1ccccc1. The van der Waals surface area contributed by atoms with Crippen molar-refractivity contribution in [1.29, 1.82) is 0 Å². The summed E-state index contributed by atoms with van der Waals surface area (Å²) in [6.07, 6.45) is -0.793. The topological polar surface area (TPSA) is 40.5 Å². The average Bonchev–Trinajstić information content (AvgIpc) is 2.95. The van der Waals surface area contributed by atoms with Crippen LogP contribution in [0.15, 0.2) is 84.9 Å². The molecule has 1 aliphatic rings. The summed E-state index contributed by atoms with van der Waals surface area (Å²) in [6.45, 7) is 0. The van der Waals surface area contributed by atoms with E-state index in [1.807, 2.05) is 84.9 Å². The fraction of sp³-hybridized carbons (Fsp3) is 0.0952. The van der Waals surface area contributed by atoms with Gasteiger partial charge < -0.3 is 5.11 Å². The van der Waals surface area contributed by atoms with E-state index in [1.165, 1.54) is 0 Å². The maximum atomic E-state index is 13.0. The minimum absolute atomic E-state index is 0.0724. The molecule has 0 aliphatic carbocycles. The van der Waals surface area contributed by atoms with Crippen LogP contribution in [0.3, 0.4) is 0 Å². The third kappa shape index (κ3) is 2.30. The number of benzene rings is 3. The summed E-state index contributed by atoms with van der Waals surface area (Å²) in [5, 5.41) is 11.0. The number of anilines is 1. The molecule has 1 aliphatic heterocycles. The molecule has 0 spiro atoms. The highest BCUT2D eigenvalue weighted by molar-refractivity contribution is 6.11. The van der Waals surface area contributed by atoms with Crippen LogP contribution in [0, 0.1) is 0 Å². The average molecular weight is 315 g/mol. The number of para-hydroxylation sites is 1. The van der Waals surface area contributed by atoms with Gasteiger partial charge in [0.25, 0.3) is 5.91 Å². The Balaban J connectivity index is 1.85. The molecule has 3 heteroatoms. The molecule has 0 saturated carbocycles. The summed E-state index contributed by atoms with van der Waals surface area (Å²) in [7, 11) is 0. The number of hydrogen-bond acceptors (Lipinski definition) is 2. The van der Waals surface area contributed by atoms with Crippen LogP contribution in [0.2, 0.25) is 0 Å². The summed E-state index contributed by atoms with van der Waals surface area (Å²) in [4.78, 5) is 14.7. The van der Waals surface area contributed by atoms with Gasteiger partial charge in [-0.05, 0) is 29.3 Å². The lowest BCUT2D eigenvalue weighted by molar-refractivity contribution is 0.0946. The van der Waals surface area contributed by atoms with Crippen molar-refractivity contribution in [3.05, 3.63) is 102 Å². The van der Waals surface area contributed by atoms with Crippen molar-refractivity contribution < 1.29 is 9.90 Å². The molecule has 3 aromatic rings. The van der Waals surface area contributed by atoms with E-state index < -0.39 is 12.1 Å². The number of nitrogens with zero attached hydrogens (tertiary/aromatic N) is 1. The first kappa shape index (κ1) is 14.7. The fourth-order valence-corrected chi connectivity index (χ4v) is 3.36. The van der Waals surface area contributed by atoms with Crippen molar-refractivity contribution in [1.82, 2.24) is 0 Å². The quantitative estimate of drug-likeness (QED) is 0.790. The second-order valence-corrected chi connectivity index (χ2v) is 5.90. The van der Waals surface area contributed by atoms with Gasteiger partial charge in [-0.1, -0.05) is 66.7 Å². The molecule has 3 aromatic carbocycles. The Kier molecular flexibility index (Phi) is 3.63. The van der Waals surface area contributed by atoms with Gasteiger partial charge in [0.1, 0.15) is 6.10 Å². The van der Waals surface area contributed by atoms with E-state index in [0.717, 1.165) is 16.8 Å². The Morgan fingerprint density at radius 3 is 2.08 bits per heavy atom. The van der Waals surface area contributed by atoms with Crippen LogP contribution in [0.25, 0.3) is 0 Å². The fourth-order valence-electron chi connectivity index (χ4n) is 3.36. The van der Waals surface area contributed by atoms with Crippen LogP contribution in [0.1, 0.15) is 33.6 Å². The van der Waals surface area contributed by atoms with Crippen LogP contribution in [0.5, 0.6) is 0 Å². The molecule has 24 heavy (non-hydrogen) atoms. The smallest absolute Gasteiger partial charge is 0.259 e. The van der Waals surface area contributed by atoms with E-state index in [4.69, 9.17) is 0 Å². The maximum absolute atomic E-state index is 13.0. The number of aliphatic hydroxyl groups excluding tert-OH is 1. The Labute approximate surface area is 140 Å². The van der Waals surface area contributed by atoms with E-state index in [-0.39, 0.29) is 5.91 Å². The molecule has 3 nitrogen and oxygen atoms in total. The first-order chi connectivity index (χ1) is 11.8. The Morgan fingerprint density at radius 2 is 1.38 bits per heavy atom. The molecule has 2 atom stereocenters. The minimum Gasteiger partial charge on any atom is -0.386 e. The molecular weight excluding hydrogens is 298 g/mol. The van der Waals surface area contributed by atoms with Gasteiger partial charge in [-0.25, -0.2) is 0 Å². The highest BCUT2D eigenvalue weighted by Crippen LogP contribution is 2.44. The highest BCUT2D eigenvalue weighted by atomic mass is 16.3. The van der Waals surface area contributed by atoms with Gasteiger partial charge >= 0.3 is 0 Å². The number of fused-ring (bicyclic) bond motifs is 1. The molecule has 0 unspecified atom stereocenters. The summed E-state index contributed by atoms with van der Waals surface area (Å²) in [6, 6.07) is 26.1. The van der Waals surface area contributed by atoms with Crippen molar-refractivity contribution in [3.63, 3.8) is 0 Å². The van der Waals surface area contributed by atoms with Crippen LogP contribution >= 0.6 is 0 Å². The van der Waals surface area contributed by atoms with Crippen LogP contribution in [-0.2, 0) is 0 Å². The second kappa shape index (κ2) is 5.95. The van der Waals surface area contributed by atoms with E-state index >= 15 is 0 Å². The third-order valence-electron chi connectivity index (χ3n) is 4.48. The van der Waals surface area contributed by atoms with Crippen LogP contribution in [-0.4, -0.2) is 11.0 Å². The normalized spacial score (nSPS) is 17.6. The van der Waals surface area contributed by atoms with E-state index in [1.54, 1.807) is 4.90 Å². The van der Waals surface area contributed by atoms with Gasteiger partial charge in [0.2, 0.25) is 0 Å². The molecule has 118 valence electrons. The highest BCUT2D eigenvalue weighted by Gasteiger charge is 2.41. The molecule has 0 saturated heterocycles. The van der Waals surface area contributed by atoms with Crippen LogP contribution < -0.4 is 4.90 Å². The Bertz CT molecular complexity index is 861. The van der Waals surface area contributed by atoms with Gasteiger partial charge in [0, 0.05) is 11.3 Å². The van der Waals surface area contributed by atoms with Crippen molar-refractivity contribution in [3.8, 4) is 0 Å². The predicted octanol–water partition coefficient (Wildman–Crippen LogP) is 4.12. The van der Waals surface area contributed by atoms with Crippen molar-refractivity contribution in [2.75, 3.05) is 4.90 Å². The maximum Gasteiger partial charge on any atom is 0.259 e. The number of carbonyl (C=O) groups excluding carboxylic acids is 1. The minimum atomic E-state index is -0.793. The molecule has 0 aromatic heterocycles. The van der Waals surface area contributed by atoms with E-state index in [2.05, 4.69) is 0 Å². The summed E-state index contributed by atoms with van der Waals surface area (Å²) < 4.78 is 0. The zero-order chi connectivity index (χ0) is 16.5. The van der Waals surface area contributed by atoms with Gasteiger partial charge in [-0.15, -0.1) is 0 Å². The van der Waals surface area contributed by atoms with Gasteiger partial charge in [-0.3, -0.25) is 9.69 Å². The molecule has 1 amide bonds. The predicted molar refractivity (Wildman–Crippen MR) is 93.8 cm³/mol. The van der Waals surface area contributed by atoms with Crippen molar-refractivity contribution >= 4 is 11.6 Å². The Hall–Kier alpha value is -2.91. The lowest BCUT2D eigenvalue weighted by atomic mass is 9.95. The Morgan fingerprint density at radius 1 is 0.792 bits per heavy atom. The number of amides is 1. The largest absolute Gasteiger partial charge is 0.386 e. The number of aliphatic hydroxyl groups is 1. The zero-order valence-corrected chi connectivity index (χ0v) is 13.0. The number of rotatable bonds is 3. The van der Waals surface area contributed by atoms with Gasteiger partial charge in [0.15, 0.2) is 0 Å². The molecule has 0 bridgehead atoms. The lowest BCUT2D eigenvalue weighted by Crippen LogP contribution is -2.31. The number of carbonyl (C=O) groups is 1. The van der Waals surface area contributed by atoms with E-state index in [0.29, 0.717) is 5.56 Å². The first-order valence-corrected chi connectivity index (χ1v) is 7.98. The zero-order valence-electron chi connectivity index (χ0n) is 13.0. The first-order valence-electron chi connectivity index (χ1n) is 7.98. The van der Waals surface area contributed by atoms with Gasteiger partial charge in [-0.2, -0.15) is 0 Å². The van der Waals surface area contributed by atoms with Crippen molar-refractivity contribution in [2.45, 2.75) is 12.1 Å². The summed E-state index contributed by atoms with van der Waals surface area (Å²) in [5.41, 5.74) is 3.11. The monoisotopic (exact) mass is 315 g/mol. The number of hydrogen-bond donors (Lipinski definition) is 1. The van der Waals surface area contributed by atoms with E-state index in [9.17, 15) is 9.90 Å². The standard InChI is InChI=1S/C21H17NO2/c23-20(15-9-3-1-4-10-15)19-17-13-7-8-14-18(17)21(24)22(19)16-11-5-2-6-12-16/h1-14,19-20,23H/t19-,20+/m1/s1. The summed E-state index contributed by atoms with van der Waals surface area (Å²) in [5.74, 6) is -0.0724. The summed E-state index contributed by atoms with van der Waals surface area (Å²) >= 11 is 0. The molecular formula is C21H17NO2. The molecule has 4 rings (SSSR count). The lowest BCUT2D eigenvalue weighted by Gasteiger charge is -2.29. The molecule has 1 heterocycles. The van der Waals surface area contributed by atoms with Crippen molar-refractivity contribution in [2.24, 2.45) is 0 Å². The van der Waals surface area contributed by atoms with Gasteiger partial charge in [0.05, 0.1) is 6.04 Å². The second-order valence-electron chi connectivity index (χ2n) is 5.90.